The molecule has 1 aromatic carbocycles. The molecule has 1 aliphatic heterocycles. The molecule has 1 fully saturated rings. The van der Waals surface area contributed by atoms with Crippen molar-refractivity contribution in [1.29, 1.82) is 0 Å². The monoisotopic (exact) mass is 298 g/mol. The van der Waals surface area contributed by atoms with Crippen molar-refractivity contribution in [3.05, 3.63) is 47.8 Å². The van der Waals surface area contributed by atoms with E-state index in [1.165, 1.54) is 5.56 Å². The lowest BCUT2D eigenvalue weighted by atomic mass is 10.1. The Morgan fingerprint density at radius 1 is 1.32 bits per heavy atom. The number of aryl methyl sites for hydroxylation is 2. The minimum absolute atomic E-state index is 0.0322. The third-order valence-corrected chi connectivity index (χ3v) is 4.21. The second-order valence-corrected chi connectivity index (χ2v) is 5.72. The van der Waals surface area contributed by atoms with Gasteiger partial charge in [0.1, 0.15) is 0 Å². The van der Waals surface area contributed by atoms with E-state index in [2.05, 4.69) is 17.3 Å². The first-order chi connectivity index (χ1) is 10.7. The van der Waals surface area contributed by atoms with Gasteiger partial charge in [0.05, 0.1) is 11.7 Å². The SMILES string of the molecule is CCn1nccc1[C@@H]1CCCN1C(=O)Nc1ccc(C)cc1. The fourth-order valence-corrected chi connectivity index (χ4v) is 3.04. The molecule has 0 radical (unpaired) electrons. The average Bonchev–Trinajstić information content (AvgIpc) is 3.17. The van der Waals surface area contributed by atoms with Crippen LogP contribution < -0.4 is 5.32 Å². The maximum absolute atomic E-state index is 12.6. The second-order valence-electron chi connectivity index (χ2n) is 5.72. The summed E-state index contributed by atoms with van der Waals surface area (Å²) in [5, 5.41) is 7.32. The smallest absolute Gasteiger partial charge is 0.316 e. The summed E-state index contributed by atoms with van der Waals surface area (Å²) in [7, 11) is 0. The van der Waals surface area contributed by atoms with Crippen molar-refractivity contribution < 1.29 is 4.79 Å². The first kappa shape index (κ1) is 14.6. The van der Waals surface area contributed by atoms with Crippen molar-refractivity contribution in [3.8, 4) is 0 Å². The van der Waals surface area contributed by atoms with Crippen LogP contribution in [0.4, 0.5) is 10.5 Å². The molecule has 5 heteroatoms. The van der Waals surface area contributed by atoms with Crippen LogP contribution in [0.1, 0.15) is 37.1 Å². The van der Waals surface area contributed by atoms with Crippen LogP contribution in [0.3, 0.4) is 0 Å². The Kier molecular flexibility index (Phi) is 4.13. The normalized spacial score (nSPS) is 17.7. The largest absolute Gasteiger partial charge is 0.322 e. The highest BCUT2D eigenvalue weighted by molar-refractivity contribution is 5.89. The number of rotatable bonds is 3. The lowest BCUT2D eigenvalue weighted by Crippen LogP contribution is -2.35. The highest BCUT2D eigenvalue weighted by Gasteiger charge is 2.31. The quantitative estimate of drug-likeness (QED) is 0.941. The number of hydrogen-bond donors (Lipinski definition) is 1. The molecule has 2 aromatic rings. The van der Waals surface area contributed by atoms with E-state index in [4.69, 9.17) is 0 Å². The maximum Gasteiger partial charge on any atom is 0.322 e. The molecule has 1 aliphatic rings. The van der Waals surface area contributed by atoms with Crippen molar-refractivity contribution in [3.63, 3.8) is 0 Å². The van der Waals surface area contributed by atoms with E-state index in [1.807, 2.05) is 53.0 Å². The molecule has 0 aliphatic carbocycles. The fraction of sp³-hybridized carbons (Fsp3) is 0.412. The van der Waals surface area contributed by atoms with Crippen LogP contribution in [0.25, 0.3) is 0 Å². The standard InChI is InChI=1S/C17H22N4O/c1-3-21-16(10-11-18-21)15-5-4-12-20(15)17(22)19-14-8-6-13(2)7-9-14/h6-11,15H,3-5,12H2,1-2H3,(H,19,22)/t15-/m0/s1. The number of carbonyl (C=O) groups is 1. The van der Waals surface area contributed by atoms with Crippen LogP contribution in [0.5, 0.6) is 0 Å². The molecule has 2 amide bonds. The Labute approximate surface area is 130 Å². The van der Waals surface area contributed by atoms with Gasteiger partial charge in [0.15, 0.2) is 0 Å². The van der Waals surface area contributed by atoms with Crippen molar-refractivity contribution in [2.24, 2.45) is 0 Å². The van der Waals surface area contributed by atoms with Gasteiger partial charge in [0.25, 0.3) is 0 Å². The molecule has 0 bridgehead atoms. The summed E-state index contributed by atoms with van der Waals surface area (Å²) < 4.78 is 1.97. The number of benzene rings is 1. The van der Waals surface area contributed by atoms with Crippen LogP contribution in [-0.4, -0.2) is 27.3 Å². The molecule has 5 nitrogen and oxygen atoms in total. The molecule has 1 N–H and O–H groups in total. The van der Waals surface area contributed by atoms with Gasteiger partial charge in [-0.2, -0.15) is 5.10 Å². The van der Waals surface area contributed by atoms with Crippen LogP contribution in [0, 0.1) is 6.92 Å². The molecule has 22 heavy (non-hydrogen) atoms. The van der Waals surface area contributed by atoms with E-state index < -0.39 is 0 Å². The van der Waals surface area contributed by atoms with Crippen LogP contribution in [-0.2, 0) is 6.54 Å². The van der Waals surface area contributed by atoms with Gasteiger partial charge in [-0.25, -0.2) is 4.79 Å². The first-order valence-corrected chi connectivity index (χ1v) is 7.85. The molecule has 0 unspecified atom stereocenters. The summed E-state index contributed by atoms with van der Waals surface area (Å²) >= 11 is 0. The van der Waals surface area contributed by atoms with Gasteiger partial charge in [-0.15, -0.1) is 0 Å². The number of hydrogen-bond acceptors (Lipinski definition) is 2. The molecule has 2 heterocycles. The molecule has 116 valence electrons. The Bertz CT molecular complexity index is 647. The summed E-state index contributed by atoms with van der Waals surface area (Å²) in [6, 6.07) is 9.99. The van der Waals surface area contributed by atoms with Gasteiger partial charge < -0.3 is 10.2 Å². The van der Waals surface area contributed by atoms with E-state index in [0.717, 1.165) is 37.3 Å². The number of likely N-dealkylation sites (tertiary alicyclic amines) is 1. The number of carbonyl (C=O) groups excluding carboxylic acids is 1. The number of amides is 2. The first-order valence-electron chi connectivity index (χ1n) is 7.85. The Balaban J connectivity index is 1.75. The van der Waals surface area contributed by atoms with Crippen molar-refractivity contribution in [2.45, 2.75) is 39.3 Å². The van der Waals surface area contributed by atoms with Gasteiger partial charge in [-0.05, 0) is 44.9 Å². The molecule has 1 aromatic heterocycles. The Hall–Kier alpha value is -2.30. The number of nitrogens with zero attached hydrogens (tertiary/aromatic N) is 3. The number of anilines is 1. The Morgan fingerprint density at radius 2 is 2.09 bits per heavy atom. The highest BCUT2D eigenvalue weighted by atomic mass is 16.2. The fourth-order valence-electron chi connectivity index (χ4n) is 3.04. The number of aromatic nitrogens is 2. The predicted octanol–water partition coefficient (Wildman–Crippen LogP) is 3.58. The van der Waals surface area contributed by atoms with E-state index in [1.54, 1.807) is 0 Å². The van der Waals surface area contributed by atoms with Gasteiger partial charge in [0, 0.05) is 25.0 Å². The molecule has 0 saturated carbocycles. The van der Waals surface area contributed by atoms with Crippen molar-refractivity contribution in [2.75, 3.05) is 11.9 Å². The van der Waals surface area contributed by atoms with Crippen LogP contribution in [0.2, 0.25) is 0 Å². The summed E-state index contributed by atoms with van der Waals surface area (Å²) in [6.45, 7) is 5.72. The Morgan fingerprint density at radius 3 is 2.82 bits per heavy atom. The molecule has 0 spiro atoms. The lowest BCUT2D eigenvalue weighted by molar-refractivity contribution is 0.204. The molecular weight excluding hydrogens is 276 g/mol. The zero-order valence-electron chi connectivity index (χ0n) is 13.1. The predicted molar refractivity (Wildman–Crippen MR) is 86.8 cm³/mol. The minimum Gasteiger partial charge on any atom is -0.316 e. The summed E-state index contributed by atoms with van der Waals surface area (Å²) in [4.78, 5) is 14.5. The van der Waals surface area contributed by atoms with E-state index in [9.17, 15) is 4.79 Å². The summed E-state index contributed by atoms with van der Waals surface area (Å²) in [5.74, 6) is 0. The number of nitrogens with one attached hydrogen (secondary N) is 1. The molecule has 1 atom stereocenters. The topological polar surface area (TPSA) is 50.2 Å². The van der Waals surface area contributed by atoms with Crippen LogP contribution >= 0.6 is 0 Å². The summed E-state index contributed by atoms with van der Waals surface area (Å²) in [6.07, 6.45) is 3.83. The zero-order valence-corrected chi connectivity index (χ0v) is 13.1. The maximum atomic E-state index is 12.6. The third-order valence-electron chi connectivity index (χ3n) is 4.21. The second kappa shape index (κ2) is 6.22. The van der Waals surface area contributed by atoms with Crippen molar-refractivity contribution >= 4 is 11.7 Å². The van der Waals surface area contributed by atoms with Gasteiger partial charge in [-0.1, -0.05) is 17.7 Å². The summed E-state index contributed by atoms with van der Waals surface area (Å²) in [5.41, 5.74) is 3.15. The molecule has 3 rings (SSSR count). The van der Waals surface area contributed by atoms with Gasteiger partial charge in [-0.3, -0.25) is 4.68 Å². The zero-order chi connectivity index (χ0) is 15.5. The third kappa shape index (κ3) is 2.84. The van der Waals surface area contributed by atoms with E-state index >= 15 is 0 Å². The molecule has 1 saturated heterocycles. The highest BCUT2D eigenvalue weighted by Crippen LogP contribution is 2.32. The minimum atomic E-state index is -0.0322. The molecular formula is C17H22N4O. The lowest BCUT2D eigenvalue weighted by Gasteiger charge is -2.25. The average molecular weight is 298 g/mol. The van der Waals surface area contributed by atoms with Crippen molar-refractivity contribution in [1.82, 2.24) is 14.7 Å². The van der Waals surface area contributed by atoms with Crippen LogP contribution in [0.15, 0.2) is 36.5 Å². The van der Waals surface area contributed by atoms with Gasteiger partial charge in [0.2, 0.25) is 0 Å². The van der Waals surface area contributed by atoms with Gasteiger partial charge >= 0.3 is 6.03 Å². The van der Waals surface area contributed by atoms with E-state index in [-0.39, 0.29) is 12.1 Å². The van der Waals surface area contributed by atoms with E-state index in [0.29, 0.717) is 0 Å². The number of urea groups is 1.